The minimum absolute atomic E-state index is 0.0266. The Bertz CT molecular complexity index is 461. The first-order valence-electron chi connectivity index (χ1n) is 6.47. The number of Topliss-reactive ketones (excluding diaryl/α,β-unsaturated/α-hetero) is 1. The molecule has 104 valence electrons. The van der Waals surface area contributed by atoms with Gasteiger partial charge in [0.15, 0.2) is 9.84 Å². The monoisotopic (exact) mass is 274 g/mol. The third-order valence-electron chi connectivity index (χ3n) is 4.05. The molecular formula is C13H22O4S. The molecule has 2 aliphatic rings. The molecule has 2 fully saturated rings. The van der Waals surface area contributed by atoms with Gasteiger partial charge in [-0.15, -0.1) is 0 Å². The Morgan fingerprint density at radius 3 is 2.22 bits per heavy atom. The highest BCUT2D eigenvalue weighted by Crippen LogP contribution is 2.44. The Kier molecular flexibility index (Phi) is 3.14. The van der Waals surface area contributed by atoms with Crippen molar-refractivity contribution in [3.05, 3.63) is 0 Å². The highest BCUT2D eigenvalue weighted by atomic mass is 32.2. The second-order valence-corrected chi connectivity index (χ2v) is 8.95. The summed E-state index contributed by atoms with van der Waals surface area (Å²) in [5.74, 6) is -0.256. The minimum Gasteiger partial charge on any atom is -0.369 e. The summed E-state index contributed by atoms with van der Waals surface area (Å²) in [4.78, 5) is 12.5. The van der Waals surface area contributed by atoms with E-state index in [4.69, 9.17) is 4.74 Å². The van der Waals surface area contributed by atoms with Gasteiger partial charge in [-0.05, 0) is 40.5 Å². The van der Waals surface area contributed by atoms with Gasteiger partial charge in [0.25, 0.3) is 0 Å². The quantitative estimate of drug-likeness (QED) is 0.767. The van der Waals surface area contributed by atoms with Gasteiger partial charge >= 0.3 is 0 Å². The standard InChI is InChI=1S/C13H22O4S/c1-12(2)7-10(13(3,4)17-12)11(14)9-5-6-18(15,16)8-9/h9-10H,5-8H2,1-4H3. The average molecular weight is 274 g/mol. The maximum Gasteiger partial charge on any atom is 0.151 e. The van der Waals surface area contributed by atoms with Gasteiger partial charge in [0.2, 0.25) is 0 Å². The molecular weight excluding hydrogens is 252 g/mol. The van der Waals surface area contributed by atoms with E-state index < -0.39 is 15.4 Å². The van der Waals surface area contributed by atoms with Crippen LogP contribution in [0.1, 0.15) is 40.5 Å². The van der Waals surface area contributed by atoms with Crippen LogP contribution in [0.15, 0.2) is 0 Å². The lowest BCUT2D eigenvalue weighted by molar-refractivity contribution is -0.132. The molecule has 0 aliphatic carbocycles. The molecule has 2 unspecified atom stereocenters. The minimum atomic E-state index is -3.00. The van der Waals surface area contributed by atoms with E-state index in [1.807, 2.05) is 27.7 Å². The zero-order chi connectivity index (χ0) is 13.8. The molecule has 0 saturated carbocycles. The fourth-order valence-electron chi connectivity index (χ4n) is 3.31. The van der Waals surface area contributed by atoms with Crippen molar-refractivity contribution in [2.24, 2.45) is 11.8 Å². The molecule has 0 aromatic heterocycles. The molecule has 0 amide bonds. The van der Waals surface area contributed by atoms with Crippen LogP contribution in [0, 0.1) is 11.8 Å². The maximum atomic E-state index is 12.5. The second kappa shape index (κ2) is 4.04. The number of carbonyl (C=O) groups is 1. The summed E-state index contributed by atoms with van der Waals surface area (Å²) >= 11 is 0. The number of ether oxygens (including phenoxy) is 1. The molecule has 5 heteroatoms. The molecule has 2 atom stereocenters. The maximum absolute atomic E-state index is 12.5. The summed E-state index contributed by atoms with van der Waals surface area (Å²) in [5, 5.41) is 0. The Morgan fingerprint density at radius 1 is 1.22 bits per heavy atom. The summed E-state index contributed by atoms with van der Waals surface area (Å²) in [7, 11) is -3.00. The van der Waals surface area contributed by atoms with Crippen LogP contribution in [0.2, 0.25) is 0 Å². The van der Waals surface area contributed by atoms with E-state index >= 15 is 0 Å². The van der Waals surface area contributed by atoms with Crippen LogP contribution in [0.4, 0.5) is 0 Å². The van der Waals surface area contributed by atoms with Crippen molar-refractivity contribution in [1.29, 1.82) is 0 Å². The lowest BCUT2D eigenvalue weighted by Crippen LogP contribution is -2.37. The van der Waals surface area contributed by atoms with Crippen molar-refractivity contribution >= 4 is 15.6 Å². The zero-order valence-electron chi connectivity index (χ0n) is 11.5. The molecule has 0 bridgehead atoms. The van der Waals surface area contributed by atoms with Crippen molar-refractivity contribution in [3.8, 4) is 0 Å². The van der Waals surface area contributed by atoms with Crippen LogP contribution in [-0.2, 0) is 19.4 Å². The van der Waals surface area contributed by atoms with E-state index in [2.05, 4.69) is 0 Å². The molecule has 0 radical (unpaired) electrons. The number of hydrogen-bond donors (Lipinski definition) is 0. The molecule has 0 spiro atoms. The topological polar surface area (TPSA) is 60.4 Å². The summed E-state index contributed by atoms with van der Waals surface area (Å²) in [5.41, 5.74) is -0.797. The molecule has 18 heavy (non-hydrogen) atoms. The van der Waals surface area contributed by atoms with Crippen molar-refractivity contribution < 1.29 is 17.9 Å². The summed E-state index contributed by atoms with van der Waals surface area (Å²) in [6.07, 6.45) is 1.16. The van der Waals surface area contributed by atoms with Crippen molar-refractivity contribution in [2.75, 3.05) is 11.5 Å². The van der Waals surface area contributed by atoms with E-state index in [-0.39, 0.29) is 34.7 Å². The van der Waals surface area contributed by atoms with Crippen LogP contribution >= 0.6 is 0 Å². The van der Waals surface area contributed by atoms with Crippen LogP contribution < -0.4 is 0 Å². The molecule has 2 rings (SSSR count). The third kappa shape index (κ3) is 2.62. The van der Waals surface area contributed by atoms with Gasteiger partial charge < -0.3 is 4.74 Å². The van der Waals surface area contributed by atoms with E-state index in [1.54, 1.807) is 0 Å². The summed E-state index contributed by atoms with van der Waals surface area (Å²) in [6.45, 7) is 7.81. The molecule has 4 nitrogen and oxygen atoms in total. The average Bonchev–Trinajstić information content (AvgIpc) is 2.61. The first-order chi connectivity index (χ1) is 8.03. The lowest BCUT2D eigenvalue weighted by Gasteiger charge is -2.27. The van der Waals surface area contributed by atoms with Crippen molar-refractivity contribution in [2.45, 2.75) is 51.7 Å². The van der Waals surface area contributed by atoms with Gasteiger partial charge in [0, 0.05) is 11.8 Å². The normalized spacial score (nSPS) is 36.7. The number of sulfone groups is 1. The summed E-state index contributed by atoms with van der Waals surface area (Å²) < 4.78 is 28.8. The van der Waals surface area contributed by atoms with Crippen LogP contribution in [0.5, 0.6) is 0 Å². The van der Waals surface area contributed by atoms with Crippen LogP contribution in [-0.4, -0.2) is 36.9 Å². The number of ketones is 1. The zero-order valence-corrected chi connectivity index (χ0v) is 12.3. The summed E-state index contributed by atoms with van der Waals surface area (Å²) in [6, 6.07) is 0. The van der Waals surface area contributed by atoms with E-state index in [0.29, 0.717) is 12.8 Å². The first-order valence-corrected chi connectivity index (χ1v) is 8.29. The largest absolute Gasteiger partial charge is 0.369 e. The van der Waals surface area contributed by atoms with Gasteiger partial charge in [0.05, 0.1) is 22.7 Å². The highest BCUT2D eigenvalue weighted by Gasteiger charge is 2.51. The Hall–Kier alpha value is -0.420. The Balaban J connectivity index is 2.15. The van der Waals surface area contributed by atoms with Gasteiger partial charge in [-0.25, -0.2) is 8.42 Å². The van der Waals surface area contributed by atoms with Gasteiger partial charge in [-0.3, -0.25) is 4.79 Å². The SMILES string of the molecule is CC1(C)CC(C(=O)C2CCS(=O)(=O)C2)C(C)(C)O1. The van der Waals surface area contributed by atoms with E-state index in [0.717, 1.165) is 0 Å². The molecule has 0 aromatic carbocycles. The van der Waals surface area contributed by atoms with Gasteiger partial charge in [-0.2, -0.15) is 0 Å². The predicted octanol–water partition coefficient (Wildman–Crippen LogP) is 1.58. The highest BCUT2D eigenvalue weighted by molar-refractivity contribution is 7.91. The number of carbonyl (C=O) groups excluding carboxylic acids is 1. The van der Waals surface area contributed by atoms with Gasteiger partial charge in [-0.1, -0.05) is 0 Å². The molecule has 0 N–H and O–H groups in total. The van der Waals surface area contributed by atoms with E-state index in [1.165, 1.54) is 0 Å². The van der Waals surface area contributed by atoms with Crippen molar-refractivity contribution in [1.82, 2.24) is 0 Å². The lowest BCUT2D eigenvalue weighted by atomic mass is 9.79. The number of hydrogen-bond acceptors (Lipinski definition) is 4. The molecule has 2 heterocycles. The fraction of sp³-hybridized carbons (Fsp3) is 0.923. The Labute approximate surface area is 109 Å². The predicted molar refractivity (Wildman–Crippen MR) is 69.1 cm³/mol. The first kappa shape index (κ1) is 14.0. The van der Waals surface area contributed by atoms with Crippen LogP contribution in [0.3, 0.4) is 0 Å². The van der Waals surface area contributed by atoms with Gasteiger partial charge in [0.1, 0.15) is 5.78 Å². The van der Waals surface area contributed by atoms with E-state index in [9.17, 15) is 13.2 Å². The number of rotatable bonds is 2. The fourth-order valence-corrected chi connectivity index (χ4v) is 5.06. The van der Waals surface area contributed by atoms with Crippen LogP contribution in [0.25, 0.3) is 0 Å². The smallest absolute Gasteiger partial charge is 0.151 e. The molecule has 2 saturated heterocycles. The van der Waals surface area contributed by atoms with Crippen molar-refractivity contribution in [3.63, 3.8) is 0 Å². The molecule has 0 aromatic rings. The Morgan fingerprint density at radius 2 is 1.83 bits per heavy atom. The third-order valence-corrected chi connectivity index (χ3v) is 5.82. The molecule has 2 aliphatic heterocycles. The second-order valence-electron chi connectivity index (χ2n) is 6.72.